The molecule has 0 aliphatic carbocycles. The summed E-state index contributed by atoms with van der Waals surface area (Å²) < 4.78 is 5.13. The smallest absolute Gasteiger partial charge is 0.225 e. The van der Waals surface area contributed by atoms with E-state index >= 15 is 0 Å². The summed E-state index contributed by atoms with van der Waals surface area (Å²) in [4.78, 5) is 12.0. The maximum absolute atomic E-state index is 12.0. The van der Waals surface area contributed by atoms with Crippen molar-refractivity contribution in [3.05, 3.63) is 59.2 Å². The van der Waals surface area contributed by atoms with Gasteiger partial charge in [-0.05, 0) is 42.7 Å². The summed E-state index contributed by atoms with van der Waals surface area (Å²) in [5.41, 5.74) is 4.27. The summed E-state index contributed by atoms with van der Waals surface area (Å²) >= 11 is 0. The Labute approximate surface area is 137 Å². The van der Waals surface area contributed by atoms with Gasteiger partial charge in [0.05, 0.1) is 7.11 Å². The van der Waals surface area contributed by atoms with Gasteiger partial charge in [0, 0.05) is 25.2 Å². The number of aryl methyl sites for hydroxylation is 2. The Kier molecular flexibility index (Phi) is 6.18. The van der Waals surface area contributed by atoms with Crippen LogP contribution in [0.15, 0.2) is 42.5 Å². The number of para-hydroxylation sites is 1. The van der Waals surface area contributed by atoms with Gasteiger partial charge in [0.1, 0.15) is 5.75 Å². The lowest BCUT2D eigenvalue weighted by atomic mass is 10.1. The Hall–Kier alpha value is -2.33. The topological polar surface area (TPSA) is 50.4 Å². The molecule has 2 aromatic rings. The predicted octanol–water partition coefficient (Wildman–Crippen LogP) is 3.43. The second-order valence-corrected chi connectivity index (χ2v) is 5.59. The SMILES string of the molecule is COc1ccc(CNCCC(=O)Nc2c(C)cccc2C)cc1. The zero-order valence-corrected chi connectivity index (χ0v) is 14.0. The molecule has 2 aromatic carbocycles. The second-order valence-electron chi connectivity index (χ2n) is 5.59. The van der Waals surface area contributed by atoms with Crippen LogP contribution in [0.4, 0.5) is 5.69 Å². The van der Waals surface area contributed by atoms with Crippen molar-refractivity contribution >= 4 is 11.6 Å². The average molecular weight is 312 g/mol. The van der Waals surface area contributed by atoms with Gasteiger partial charge >= 0.3 is 0 Å². The van der Waals surface area contributed by atoms with Crippen LogP contribution in [-0.4, -0.2) is 19.6 Å². The molecular weight excluding hydrogens is 288 g/mol. The fourth-order valence-electron chi connectivity index (χ4n) is 2.39. The molecule has 0 aliphatic rings. The minimum absolute atomic E-state index is 0.0321. The van der Waals surface area contributed by atoms with E-state index in [1.54, 1.807) is 7.11 Å². The molecule has 0 heterocycles. The number of hydrogen-bond acceptors (Lipinski definition) is 3. The van der Waals surface area contributed by atoms with Crippen LogP contribution in [0, 0.1) is 13.8 Å². The highest BCUT2D eigenvalue weighted by Gasteiger charge is 2.06. The molecule has 2 N–H and O–H groups in total. The van der Waals surface area contributed by atoms with Crippen molar-refractivity contribution in [3.8, 4) is 5.75 Å². The minimum atomic E-state index is 0.0321. The Morgan fingerprint density at radius 3 is 2.30 bits per heavy atom. The Morgan fingerprint density at radius 2 is 1.70 bits per heavy atom. The number of ether oxygens (including phenoxy) is 1. The third kappa shape index (κ3) is 5.11. The van der Waals surface area contributed by atoms with E-state index in [1.165, 1.54) is 5.56 Å². The normalized spacial score (nSPS) is 10.4. The fourth-order valence-corrected chi connectivity index (χ4v) is 2.39. The number of benzene rings is 2. The molecular formula is C19H24N2O2. The molecule has 4 nitrogen and oxygen atoms in total. The Balaban J connectivity index is 1.74. The lowest BCUT2D eigenvalue weighted by molar-refractivity contribution is -0.116. The highest BCUT2D eigenvalue weighted by atomic mass is 16.5. The molecule has 0 spiro atoms. The standard InChI is InChI=1S/C19H24N2O2/c1-14-5-4-6-15(2)19(14)21-18(22)11-12-20-13-16-7-9-17(23-3)10-8-16/h4-10,20H,11-13H2,1-3H3,(H,21,22). The van der Waals surface area contributed by atoms with E-state index in [4.69, 9.17) is 4.74 Å². The summed E-state index contributed by atoms with van der Waals surface area (Å²) in [6, 6.07) is 13.9. The highest BCUT2D eigenvalue weighted by Crippen LogP contribution is 2.19. The molecule has 122 valence electrons. The van der Waals surface area contributed by atoms with Crippen LogP contribution in [0.2, 0.25) is 0 Å². The van der Waals surface area contributed by atoms with Crippen molar-refractivity contribution in [2.45, 2.75) is 26.8 Å². The van der Waals surface area contributed by atoms with Crippen LogP contribution in [0.1, 0.15) is 23.1 Å². The molecule has 4 heteroatoms. The quantitative estimate of drug-likeness (QED) is 0.770. The van der Waals surface area contributed by atoms with Crippen molar-refractivity contribution in [1.82, 2.24) is 5.32 Å². The third-order valence-corrected chi connectivity index (χ3v) is 3.76. The summed E-state index contributed by atoms with van der Waals surface area (Å²) in [5.74, 6) is 0.881. The first-order valence-electron chi connectivity index (χ1n) is 7.80. The van der Waals surface area contributed by atoms with Crippen LogP contribution < -0.4 is 15.4 Å². The maximum Gasteiger partial charge on any atom is 0.225 e. The van der Waals surface area contributed by atoms with Crippen LogP contribution in [0.25, 0.3) is 0 Å². The maximum atomic E-state index is 12.0. The van der Waals surface area contributed by atoms with Gasteiger partial charge in [0.2, 0.25) is 5.91 Å². The van der Waals surface area contributed by atoms with Gasteiger partial charge in [0.15, 0.2) is 0 Å². The van der Waals surface area contributed by atoms with Crippen LogP contribution in [0.5, 0.6) is 5.75 Å². The van der Waals surface area contributed by atoms with Crippen LogP contribution >= 0.6 is 0 Å². The zero-order chi connectivity index (χ0) is 16.7. The predicted molar refractivity (Wildman–Crippen MR) is 93.9 cm³/mol. The molecule has 0 fully saturated rings. The summed E-state index contributed by atoms with van der Waals surface area (Å²) in [6.45, 7) is 5.39. The third-order valence-electron chi connectivity index (χ3n) is 3.76. The first-order valence-corrected chi connectivity index (χ1v) is 7.80. The average Bonchev–Trinajstić information content (AvgIpc) is 2.56. The monoisotopic (exact) mass is 312 g/mol. The summed E-state index contributed by atoms with van der Waals surface area (Å²) in [7, 11) is 1.65. The number of rotatable bonds is 7. The van der Waals surface area contributed by atoms with Gasteiger partial charge in [-0.3, -0.25) is 4.79 Å². The summed E-state index contributed by atoms with van der Waals surface area (Å²) in [5, 5.41) is 6.28. The van der Waals surface area contributed by atoms with E-state index in [1.807, 2.05) is 56.3 Å². The van der Waals surface area contributed by atoms with Crippen molar-refractivity contribution < 1.29 is 9.53 Å². The van der Waals surface area contributed by atoms with Gasteiger partial charge in [-0.15, -0.1) is 0 Å². The van der Waals surface area contributed by atoms with Gasteiger partial charge in [-0.2, -0.15) is 0 Å². The van der Waals surface area contributed by atoms with Crippen molar-refractivity contribution in [2.24, 2.45) is 0 Å². The van der Waals surface area contributed by atoms with Crippen LogP contribution in [0.3, 0.4) is 0 Å². The molecule has 2 rings (SSSR count). The number of anilines is 1. The lowest BCUT2D eigenvalue weighted by Gasteiger charge is -2.11. The van der Waals surface area contributed by atoms with E-state index in [0.29, 0.717) is 13.0 Å². The molecule has 1 amide bonds. The largest absolute Gasteiger partial charge is 0.497 e. The first kappa shape index (κ1) is 17.0. The number of amides is 1. The highest BCUT2D eigenvalue weighted by molar-refractivity contribution is 5.92. The molecule has 0 saturated carbocycles. The summed E-state index contributed by atoms with van der Waals surface area (Å²) in [6.07, 6.45) is 0.448. The van der Waals surface area contributed by atoms with E-state index in [-0.39, 0.29) is 5.91 Å². The van der Waals surface area contributed by atoms with E-state index in [9.17, 15) is 4.79 Å². The number of methoxy groups -OCH3 is 1. The molecule has 0 unspecified atom stereocenters. The Morgan fingerprint density at radius 1 is 1.04 bits per heavy atom. The Bertz CT molecular complexity index is 631. The van der Waals surface area contributed by atoms with Crippen molar-refractivity contribution in [1.29, 1.82) is 0 Å². The number of nitrogens with one attached hydrogen (secondary N) is 2. The number of carbonyl (C=O) groups excluding carboxylic acids is 1. The molecule has 0 aliphatic heterocycles. The van der Waals surface area contributed by atoms with Gasteiger partial charge in [0.25, 0.3) is 0 Å². The molecule has 0 aromatic heterocycles. The van der Waals surface area contributed by atoms with Crippen molar-refractivity contribution in [2.75, 3.05) is 19.0 Å². The van der Waals surface area contributed by atoms with Gasteiger partial charge in [-0.25, -0.2) is 0 Å². The van der Waals surface area contributed by atoms with Crippen LogP contribution in [-0.2, 0) is 11.3 Å². The van der Waals surface area contributed by atoms with E-state index in [0.717, 1.165) is 29.1 Å². The van der Waals surface area contributed by atoms with Gasteiger partial charge in [-0.1, -0.05) is 30.3 Å². The number of carbonyl (C=O) groups is 1. The number of hydrogen-bond donors (Lipinski definition) is 2. The molecule has 0 saturated heterocycles. The molecule has 0 atom stereocenters. The van der Waals surface area contributed by atoms with E-state index in [2.05, 4.69) is 10.6 Å². The van der Waals surface area contributed by atoms with Crippen molar-refractivity contribution in [3.63, 3.8) is 0 Å². The first-order chi connectivity index (χ1) is 11.1. The second kappa shape index (κ2) is 8.34. The molecule has 0 radical (unpaired) electrons. The zero-order valence-electron chi connectivity index (χ0n) is 14.0. The fraction of sp³-hybridized carbons (Fsp3) is 0.316. The molecule has 23 heavy (non-hydrogen) atoms. The van der Waals surface area contributed by atoms with Gasteiger partial charge < -0.3 is 15.4 Å². The molecule has 0 bridgehead atoms. The van der Waals surface area contributed by atoms with E-state index < -0.39 is 0 Å². The lowest BCUT2D eigenvalue weighted by Crippen LogP contribution is -2.22. The minimum Gasteiger partial charge on any atom is -0.497 e.